The number of nitrogens with one attached hydrogen (secondary N) is 3. The second-order valence-corrected chi connectivity index (χ2v) is 9.79. The molecule has 30 heavy (non-hydrogen) atoms. The number of amides is 2. The highest BCUT2D eigenvalue weighted by molar-refractivity contribution is 6.09. The predicted molar refractivity (Wildman–Crippen MR) is 114 cm³/mol. The third-order valence-electron chi connectivity index (χ3n) is 6.94. The zero-order valence-corrected chi connectivity index (χ0v) is 17.8. The van der Waals surface area contributed by atoms with Crippen LogP contribution in [0.5, 0.6) is 0 Å². The molecule has 0 aliphatic carbocycles. The number of aromatic nitrogens is 2. The third-order valence-corrected chi connectivity index (χ3v) is 6.94. The summed E-state index contributed by atoms with van der Waals surface area (Å²) in [6.07, 6.45) is 2.82. The summed E-state index contributed by atoms with van der Waals surface area (Å²) in [5, 5.41) is 13.5. The molecule has 7 nitrogen and oxygen atoms in total. The molecule has 0 saturated carbocycles. The molecule has 158 valence electrons. The zero-order chi connectivity index (χ0) is 21.1. The number of fused-ring (bicyclic) bond motifs is 4. The van der Waals surface area contributed by atoms with Crippen molar-refractivity contribution in [2.75, 3.05) is 11.9 Å². The van der Waals surface area contributed by atoms with Crippen LogP contribution >= 0.6 is 0 Å². The summed E-state index contributed by atoms with van der Waals surface area (Å²) in [7, 11) is 0. The molecular weight excluding hydrogens is 378 g/mol. The molecule has 5 rings (SSSR count). The van der Waals surface area contributed by atoms with Crippen LogP contribution in [0.1, 0.15) is 57.0 Å². The Balaban J connectivity index is 1.43. The number of para-hydroxylation sites is 1. The van der Waals surface area contributed by atoms with Crippen LogP contribution in [-0.2, 0) is 27.1 Å². The van der Waals surface area contributed by atoms with Gasteiger partial charge in [-0.15, -0.1) is 0 Å². The molecule has 2 aromatic rings. The first-order valence-corrected chi connectivity index (χ1v) is 10.8. The molecule has 0 radical (unpaired) electrons. The van der Waals surface area contributed by atoms with Crippen LogP contribution in [0.2, 0.25) is 0 Å². The number of anilines is 1. The Labute approximate surface area is 176 Å². The number of H-pyrrole nitrogens is 1. The molecule has 1 aromatic heterocycles. The second kappa shape index (κ2) is 6.67. The van der Waals surface area contributed by atoms with E-state index < -0.39 is 11.5 Å². The number of rotatable bonds is 3. The fourth-order valence-corrected chi connectivity index (χ4v) is 5.52. The first-order valence-electron chi connectivity index (χ1n) is 10.8. The molecule has 1 spiro atoms. The van der Waals surface area contributed by atoms with E-state index in [1.54, 1.807) is 0 Å². The van der Waals surface area contributed by atoms with E-state index in [1.807, 2.05) is 30.3 Å². The summed E-state index contributed by atoms with van der Waals surface area (Å²) < 4.78 is 0. The van der Waals surface area contributed by atoms with Crippen molar-refractivity contribution in [2.24, 2.45) is 5.92 Å². The number of carbonyl (C=O) groups is 2. The highest BCUT2D eigenvalue weighted by Gasteiger charge is 2.65. The maximum Gasteiger partial charge on any atom is 0.250 e. The van der Waals surface area contributed by atoms with Crippen LogP contribution in [0, 0.1) is 5.92 Å². The normalized spacial score (nSPS) is 27.9. The molecule has 3 atom stereocenters. The minimum Gasteiger partial charge on any atom is -0.350 e. The number of benzene rings is 1. The van der Waals surface area contributed by atoms with Crippen LogP contribution in [0.4, 0.5) is 5.69 Å². The van der Waals surface area contributed by atoms with Gasteiger partial charge >= 0.3 is 0 Å². The summed E-state index contributed by atoms with van der Waals surface area (Å²) in [4.78, 5) is 29.1. The van der Waals surface area contributed by atoms with E-state index in [-0.39, 0.29) is 23.3 Å². The quantitative estimate of drug-likeness (QED) is 0.730. The van der Waals surface area contributed by atoms with Crippen molar-refractivity contribution in [3.63, 3.8) is 0 Å². The number of hydrogen-bond acceptors (Lipinski definition) is 4. The first kappa shape index (κ1) is 19.3. The number of hydrogen-bond donors (Lipinski definition) is 3. The van der Waals surface area contributed by atoms with Crippen molar-refractivity contribution in [1.29, 1.82) is 0 Å². The standard InChI is InChI=1S/C23H29N5O2/c1-22(2,3)19-11-14(26-27-19)13-24-20(29)17-12-15-7-6-10-28(15)23(17)16-8-4-5-9-18(16)25-21(23)30/h4-5,8-9,11,15,17H,6-7,10,12-13H2,1-3H3,(H,24,29)(H,25,30)(H,26,27)/t15-,17+,23+/m1/s1. The van der Waals surface area contributed by atoms with E-state index >= 15 is 0 Å². The van der Waals surface area contributed by atoms with Crippen LogP contribution < -0.4 is 10.6 Å². The van der Waals surface area contributed by atoms with E-state index in [0.717, 1.165) is 42.0 Å². The number of aromatic amines is 1. The molecule has 2 amide bonds. The summed E-state index contributed by atoms with van der Waals surface area (Å²) in [6, 6.07) is 10.1. The maximum absolute atomic E-state index is 13.4. The van der Waals surface area contributed by atoms with Crippen molar-refractivity contribution < 1.29 is 9.59 Å². The summed E-state index contributed by atoms with van der Waals surface area (Å²) >= 11 is 0. The van der Waals surface area contributed by atoms with Crippen molar-refractivity contribution in [2.45, 2.75) is 63.6 Å². The van der Waals surface area contributed by atoms with Gasteiger partial charge in [0.05, 0.1) is 23.9 Å². The van der Waals surface area contributed by atoms with Gasteiger partial charge in [0.2, 0.25) is 11.8 Å². The third kappa shape index (κ3) is 2.71. The van der Waals surface area contributed by atoms with Crippen molar-refractivity contribution in [1.82, 2.24) is 20.4 Å². The molecule has 0 unspecified atom stereocenters. The lowest BCUT2D eigenvalue weighted by atomic mass is 9.78. The van der Waals surface area contributed by atoms with Crippen LogP contribution in [0.25, 0.3) is 0 Å². The smallest absolute Gasteiger partial charge is 0.250 e. The van der Waals surface area contributed by atoms with Gasteiger partial charge in [-0.1, -0.05) is 39.0 Å². The molecule has 4 heterocycles. The topological polar surface area (TPSA) is 90.1 Å². The Hall–Kier alpha value is -2.67. The van der Waals surface area contributed by atoms with Gasteiger partial charge < -0.3 is 10.6 Å². The van der Waals surface area contributed by atoms with Gasteiger partial charge in [-0.05, 0) is 37.9 Å². The van der Waals surface area contributed by atoms with E-state index in [4.69, 9.17) is 0 Å². The lowest BCUT2D eigenvalue weighted by molar-refractivity contribution is -0.137. The zero-order valence-electron chi connectivity index (χ0n) is 17.8. The maximum atomic E-state index is 13.4. The van der Waals surface area contributed by atoms with Crippen LogP contribution in [0.3, 0.4) is 0 Å². The summed E-state index contributed by atoms with van der Waals surface area (Å²) in [5.41, 5.74) is 2.66. The van der Waals surface area contributed by atoms with Gasteiger partial charge in [0.1, 0.15) is 5.54 Å². The van der Waals surface area contributed by atoms with Crippen molar-refractivity contribution in [3.05, 3.63) is 47.3 Å². The van der Waals surface area contributed by atoms with Gasteiger partial charge in [0.15, 0.2) is 0 Å². The molecule has 2 saturated heterocycles. The van der Waals surface area contributed by atoms with Crippen LogP contribution in [0.15, 0.2) is 30.3 Å². The van der Waals surface area contributed by atoms with E-state index in [0.29, 0.717) is 13.0 Å². The summed E-state index contributed by atoms with van der Waals surface area (Å²) in [5.74, 6) is -0.538. The Kier molecular flexibility index (Phi) is 4.29. The number of carbonyl (C=O) groups excluding carboxylic acids is 2. The highest BCUT2D eigenvalue weighted by Crippen LogP contribution is 2.55. The van der Waals surface area contributed by atoms with Crippen LogP contribution in [-0.4, -0.2) is 39.5 Å². The van der Waals surface area contributed by atoms with Crippen molar-refractivity contribution >= 4 is 17.5 Å². The average molecular weight is 408 g/mol. The Bertz CT molecular complexity index is 1010. The molecule has 2 fully saturated rings. The molecule has 7 heteroatoms. The Morgan fingerprint density at radius 2 is 2.13 bits per heavy atom. The Morgan fingerprint density at radius 3 is 2.90 bits per heavy atom. The second-order valence-electron chi connectivity index (χ2n) is 9.79. The molecule has 3 N–H and O–H groups in total. The lowest BCUT2D eigenvalue weighted by Gasteiger charge is -2.36. The van der Waals surface area contributed by atoms with E-state index in [9.17, 15) is 9.59 Å². The van der Waals surface area contributed by atoms with Gasteiger partial charge in [-0.3, -0.25) is 19.6 Å². The Morgan fingerprint density at radius 1 is 1.33 bits per heavy atom. The number of nitrogens with zero attached hydrogens (tertiary/aromatic N) is 2. The molecule has 3 aliphatic heterocycles. The highest BCUT2D eigenvalue weighted by atomic mass is 16.2. The monoisotopic (exact) mass is 407 g/mol. The van der Waals surface area contributed by atoms with Gasteiger partial charge in [-0.25, -0.2) is 0 Å². The average Bonchev–Trinajstić information content (AvgIpc) is 3.44. The minimum atomic E-state index is -0.896. The minimum absolute atomic E-state index is 0.0510. The predicted octanol–water partition coefficient (Wildman–Crippen LogP) is 2.66. The van der Waals surface area contributed by atoms with E-state index in [2.05, 4.69) is 46.5 Å². The first-order chi connectivity index (χ1) is 14.3. The molecular formula is C23H29N5O2. The van der Waals surface area contributed by atoms with Gasteiger partial charge in [0.25, 0.3) is 0 Å². The van der Waals surface area contributed by atoms with Crippen molar-refractivity contribution in [3.8, 4) is 0 Å². The van der Waals surface area contributed by atoms with E-state index in [1.165, 1.54) is 0 Å². The molecule has 3 aliphatic rings. The SMILES string of the molecule is CC(C)(C)c1cc(CNC(=O)[C@@H]2C[C@H]3CCCN3[C@]23C(=O)Nc2ccccc23)[nH]n1. The fourth-order valence-electron chi connectivity index (χ4n) is 5.52. The molecule has 0 bridgehead atoms. The summed E-state index contributed by atoms with van der Waals surface area (Å²) in [6.45, 7) is 7.56. The molecule has 1 aromatic carbocycles. The van der Waals surface area contributed by atoms with Gasteiger partial charge in [0, 0.05) is 22.7 Å². The largest absolute Gasteiger partial charge is 0.350 e. The van der Waals surface area contributed by atoms with Gasteiger partial charge in [-0.2, -0.15) is 5.10 Å². The lowest BCUT2D eigenvalue weighted by Crippen LogP contribution is -2.54. The fraction of sp³-hybridized carbons (Fsp3) is 0.522.